The van der Waals surface area contributed by atoms with Gasteiger partial charge in [-0.25, -0.2) is 4.79 Å². The summed E-state index contributed by atoms with van der Waals surface area (Å²) in [7, 11) is 1.65. The van der Waals surface area contributed by atoms with Crippen molar-refractivity contribution in [3.8, 4) is 11.5 Å². The average Bonchev–Trinajstić information content (AvgIpc) is 2.83. The Kier molecular flexibility index (Phi) is 7.06. The van der Waals surface area contributed by atoms with Crippen molar-refractivity contribution in [2.24, 2.45) is 0 Å². The van der Waals surface area contributed by atoms with Gasteiger partial charge in [-0.05, 0) is 56.5 Å². The molecule has 0 amide bonds. The van der Waals surface area contributed by atoms with Gasteiger partial charge in [-0.3, -0.25) is 4.79 Å². The molecule has 178 valence electrons. The molecule has 1 aliphatic carbocycles. The van der Waals surface area contributed by atoms with Gasteiger partial charge in [-0.2, -0.15) is 0 Å². The first-order valence-electron chi connectivity index (χ1n) is 11.7. The van der Waals surface area contributed by atoms with E-state index in [0.29, 0.717) is 36.3 Å². The Labute approximate surface area is 200 Å². The van der Waals surface area contributed by atoms with E-state index in [9.17, 15) is 9.59 Å². The van der Waals surface area contributed by atoms with Crippen molar-refractivity contribution < 1.29 is 23.8 Å². The number of nitrogens with one attached hydrogen (secondary N) is 1. The SMILES string of the molecule is CCOC(=O)C1=C(C)NC2=C(C(=O)CC(c3ccccc3OC)C2)C1c1ccc(OCC)cc1. The zero-order chi connectivity index (χ0) is 24.2. The minimum absolute atomic E-state index is 0.00664. The van der Waals surface area contributed by atoms with Crippen molar-refractivity contribution in [2.45, 2.75) is 45.4 Å². The molecule has 2 aromatic rings. The molecule has 1 heterocycles. The maximum Gasteiger partial charge on any atom is 0.336 e. The normalized spacial score (nSPS) is 19.9. The summed E-state index contributed by atoms with van der Waals surface area (Å²) >= 11 is 0. The second-order valence-electron chi connectivity index (χ2n) is 8.48. The Balaban J connectivity index is 1.78. The molecule has 6 nitrogen and oxygen atoms in total. The Morgan fingerprint density at radius 1 is 1.03 bits per heavy atom. The van der Waals surface area contributed by atoms with Gasteiger partial charge >= 0.3 is 5.97 Å². The zero-order valence-electron chi connectivity index (χ0n) is 20.1. The minimum Gasteiger partial charge on any atom is -0.496 e. The molecule has 2 aromatic carbocycles. The van der Waals surface area contributed by atoms with Crippen molar-refractivity contribution in [1.82, 2.24) is 5.32 Å². The highest BCUT2D eigenvalue weighted by Gasteiger charge is 2.41. The molecule has 4 rings (SSSR count). The van der Waals surface area contributed by atoms with E-state index in [1.807, 2.05) is 62.4 Å². The number of allylic oxidation sites excluding steroid dienone is 3. The Morgan fingerprint density at radius 2 is 1.76 bits per heavy atom. The lowest BCUT2D eigenvalue weighted by molar-refractivity contribution is -0.138. The number of ketones is 1. The molecule has 34 heavy (non-hydrogen) atoms. The number of methoxy groups -OCH3 is 1. The van der Waals surface area contributed by atoms with Crippen molar-refractivity contribution in [3.63, 3.8) is 0 Å². The third-order valence-electron chi connectivity index (χ3n) is 6.43. The summed E-state index contributed by atoms with van der Waals surface area (Å²) in [4.78, 5) is 26.7. The fourth-order valence-corrected chi connectivity index (χ4v) is 5.00. The molecule has 0 fully saturated rings. The molecule has 2 unspecified atom stereocenters. The van der Waals surface area contributed by atoms with Crippen LogP contribution in [-0.4, -0.2) is 32.1 Å². The second kappa shape index (κ2) is 10.2. The van der Waals surface area contributed by atoms with Crippen molar-refractivity contribution in [1.29, 1.82) is 0 Å². The van der Waals surface area contributed by atoms with E-state index < -0.39 is 11.9 Å². The van der Waals surface area contributed by atoms with Crippen LogP contribution in [0.1, 0.15) is 56.6 Å². The van der Waals surface area contributed by atoms with Crippen molar-refractivity contribution in [2.75, 3.05) is 20.3 Å². The van der Waals surface area contributed by atoms with Crippen LogP contribution in [0.2, 0.25) is 0 Å². The molecule has 2 aliphatic rings. The highest BCUT2D eigenvalue weighted by atomic mass is 16.5. The lowest BCUT2D eigenvalue weighted by Crippen LogP contribution is -2.36. The van der Waals surface area contributed by atoms with Crippen LogP contribution in [-0.2, 0) is 14.3 Å². The largest absolute Gasteiger partial charge is 0.496 e. The maximum absolute atomic E-state index is 13.7. The van der Waals surface area contributed by atoms with E-state index in [0.717, 1.165) is 28.3 Å². The van der Waals surface area contributed by atoms with Crippen molar-refractivity contribution in [3.05, 3.63) is 82.2 Å². The number of rotatable bonds is 7. The number of ether oxygens (including phenoxy) is 3. The first-order valence-corrected chi connectivity index (χ1v) is 11.7. The summed E-state index contributed by atoms with van der Waals surface area (Å²) in [5.74, 6) is 0.655. The monoisotopic (exact) mass is 461 g/mol. The third kappa shape index (κ3) is 4.45. The Bertz CT molecular complexity index is 1150. The number of benzene rings is 2. The topological polar surface area (TPSA) is 73.9 Å². The predicted octanol–water partition coefficient (Wildman–Crippen LogP) is 5.02. The van der Waals surface area contributed by atoms with E-state index in [2.05, 4.69) is 5.32 Å². The summed E-state index contributed by atoms with van der Waals surface area (Å²) in [5.41, 5.74) is 4.57. The van der Waals surface area contributed by atoms with Gasteiger partial charge in [0.05, 0.1) is 25.9 Å². The molecule has 6 heteroatoms. The Hall–Kier alpha value is -3.54. The number of hydrogen-bond acceptors (Lipinski definition) is 6. The van der Waals surface area contributed by atoms with Gasteiger partial charge in [0.25, 0.3) is 0 Å². The summed E-state index contributed by atoms with van der Waals surface area (Å²) in [5, 5.41) is 3.38. The highest BCUT2D eigenvalue weighted by Crippen LogP contribution is 2.47. The standard InChI is InChI=1S/C28H31NO5/c1-5-33-20-13-11-18(12-14-20)26-25(28(31)34-6-2)17(3)29-22-15-19(16-23(30)27(22)26)21-9-7-8-10-24(21)32-4/h7-14,19,26,29H,5-6,15-16H2,1-4H3. The molecule has 1 aliphatic heterocycles. The third-order valence-corrected chi connectivity index (χ3v) is 6.43. The second-order valence-corrected chi connectivity index (χ2v) is 8.48. The first kappa shape index (κ1) is 23.6. The fourth-order valence-electron chi connectivity index (χ4n) is 5.00. The summed E-state index contributed by atoms with van der Waals surface area (Å²) < 4.78 is 16.5. The van der Waals surface area contributed by atoms with Crippen LogP contribution in [0.4, 0.5) is 0 Å². The van der Waals surface area contributed by atoms with Gasteiger partial charge < -0.3 is 19.5 Å². The first-order chi connectivity index (χ1) is 16.5. The molecule has 0 radical (unpaired) electrons. The number of carbonyl (C=O) groups excluding carboxylic acids is 2. The van der Waals surface area contributed by atoms with Crippen LogP contribution in [0.5, 0.6) is 11.5 Å². The molecular formula is C28H31NO5. The number of dihydropyridines is 1. The summed E-state index contributed by atoms with van der Waals surface area (Å²) in [6.07, 6.45) is 1.01. The number of para-hydroxylation sites is 1. The Morgan fingerprint density at radius 3 is 2.44 bits per heavy atom. The van der Waals surface area contributed by atoms with E-state index >= 15 is 0 Å². The number of esters is 1. The maximum atomic E-state index is 13.7. The van der Waals surface area contributed by atoms with Gasteiger partial charge in [0.1, 0.15) is 11.5 Å². The molecule has 0 saturated heterocycles. The summed E-state index contributed by atoms with van der Waals surface area (Å²) in [6.45, 7) is 6.42. The molecule has 0 saturated carbocycles. The van der Waals surface area contributed by atoms with Gasteiger partial charge in [-0.15, -0.1) is 0 Å². The highest BCUT2D eigenvalue weighted by molar-refractivity contribution is 6.04. The quantitative estimate of drug-likeness (QED) is 0.584. The number of Topliss-reactive ketones (excluding diaryl/α,β-unsaturated/α-hetero) is 1. The zero-order valence-corrected chi connectivity index (χ0v) is 20.1. The van der Waals surface area contributed by atoms with Gasteiger partial charge in [0, 0.05) is 35.2 Å². The smallest absolute Gasteiger partial charge is 0.336 e. The van der Waals surface area contributed by atoms with E-state index in [1.54, 1.807) is 14.0 Å². The minimum atomic E-state index is -0.489. The van der Waals surface area contributed by atoms with E-state index in [-0.39, 0.29) is 18.3 Å². The van der Waals surface area contributed by atoms with Crippen LogP contribution in [0.25, 0.3) is 0 Å². The molecular weight excluding hydrogens is 430 g/mol. The van der Waals surface area contributed by atoms with E-state index in [4.69, 9.17) is 14.2 Å². The fraction of sp³-hybridized carbons (Fsp3) is 0.357. The molecule has 0 spiro atoms. The van der Waals surface area contributed by atoms with E-state index in [1.165, 1.54) is 0 Å². The number of carbonyl (C=O) groups is 2. The lowest BCUT2D eigenvalue weighted by atomic mass is 9.71. The van der Waals surface area contributed by atoms with Gasteiger partial charge in [-0.1, -0.05) is 30.3 Å². The van der Waals surface area contributed by atoms with Gasteiger partial charge in [0.15, 0.2) is 5.78 Å². The summed E-state index contributed by atoms with van der Waals surface area (Å²) in [6, 6.07) is 15.4. The predicted molar refractivity (Wildman–Crippen MR) is 130 cm³/mol. The van der Waals surface area contributed by atoms with Crippen LogP contribution < -0.4 is 14.8 Å². The lowest BCUT2D eigenvalue weighted by Gasteiger charge is -2.37. The van der Waals surface area contributed by atoms with Crippen LogP contribution in [0.15, 0.2) is 71.1 Å². The van der Waals surface area contributed by atoms with Crippen LogP contribution in [0, 0.1) is 0 Å². The van der Waals surface area contributed by atoms with Crippen LogP contribution >= 0.6 is 0 Å². The molecule has 2 atom stereocenters. The van der Waals surface area contributed by atoms with Gasteiger partial charge in [0.2, 0.25) is 0 Å². The van der Waals surface area contributed by atoms with Crippen LogP contribution in [0.3, 0.4) is 0 Å². The molecule has 1 N–H and O–H groups in total. The molecule has 0 bridgehead atoms. The molecule has 0 aromatic heterocycles. The van der Waals surface area contributed by atoms with Crippen molar-refractivity contribution >= 4 is 11.8 Å². The average molecular weight is 462 g/mol. The number of hydrogen-bond donors (Lipinski definition) is 1.